The Balaban J connectivity index is 2.20. The van der Waals surface area contributed by atoms with E-state index in [1.165, 1.54) is 0 Å². The number of hydrogen-bond acceptors (Lipinski definition) is 4. The van der Waals surface area contributed by atoms with Crippen molar-refractivity contribution in [2.45, 2.75) is 24.8 Å². The molecule has 1 aromatic carbocycles. The summed E-state index contributed by atoms with van der Waals surface area (Å²) in [7, 11) is 1.62. The lowest BCUT2D eigenvalue weighted by Crippen LogP contribution is -2.02. The highest BCUT2D eigenvalue weighted by Crippen LogP contribution is 2.28. The molecule has 18 heavy (non-hydrogen) atoms. The molecule has 2 atom stereocenters. The van der Waals surface area contributed by atoms with Crippen LogP contribution in [0.2, 0.25) is 0 Å². The van der Waals surface area contributed by atoms with Gasteiger partial charge in [-0.3, -0.25) is 0 Å². The Morgan fingerprint density at radius 1 is 1.33 bits per heavy atom. The molecular weight excluding hydrogens is 252 g/mol. The molecule has 0 aliphatic carbocycles. The van der Waals surface area contributed by atoms with E-state index in [9.17, 15) is 0 Å². The number of aromatic nitrogens is 2. The van der Waals surface area contributed by atoms with Gasteiger partial charge in [0.2, 0.25) is 11.7 Å². The molecule has 0 N–H and O–H groups in total. The fourth-order valence-electron chi connectivity index (χ4n) is 1.70. The molecule has 0 radical (unpaired) electrons. The first-order valence-electron chi connectivity index (χ1n) is 5.81. The largest absolute Gasteiger partial charge is 0.373 e. The molecule has 2 unspecified atom stereocenters. The average molecular weight is 267 g/mol. The molecular formula is C13H15ClN2O2. The van der Waals surface area contributed by atoms with Crippen LogP contribution >= 0.6 is 11.6 Å². The second kappa shape index (κ2) is 5.98. The van der Waals surface area contributed by atoms with E-state index in [1.54, 1.807) is 7.11 Å². The lowest BCUT2D eigenvalue weighted by Gasteiger charge is -2.06. The Kier molecular flexibility index (Phi) is 4.33. The first-order chi connectivity index (χ1) is 8.76. The normalized spacial score (nSPS) is 14.4. The average Bonchev–Trinajstić information content (AvgIpc) is 2.90. The second-order valence-electron chi connectivity index (χ2n) is 3.90. The third kappa shape index (κ3) is 2.71. The number of ether oxygens (including phenoxy) is 1. The molecule has 5 heteroatoms. The van der Waals surface area contributed by atoms with Crippen LogP contribution in [-0.2, 0) is 4.74 Å². The van der Waals surface area contributed by atoms with Gasteiger partial charge in [-0.1, -0.05) is 42.4 Å². The van der Waals surface area contributed by atoms with Crippen LogP contribution in [0.25, 0.3) is 0 Å². The predicted octanol–water partition coefficient (Wildman–Crippen LogP) is 3.50. The maximum Gasteiger partial charge on any atom is 0.249 e. The van der Waals surface area contributed by atoms with Gasteiger partial charge in [0, 0.05) is 7.11 Å². The second-order valence-corrected chi connectivity index (χ2v) is 4.33. The van der Waals surface area contributed by atoms with E-state index in [2.05, 4.69) is 10.1 Å². The van der Waals surface area contributed by atoms with Crippen molar-refractivity contribution in [3.05, 3.63) is 47.6 Å². The molecule has 0 saturated carbocycles. The summed E-state index contributed by atoms with van der Waals surface area (Å²) in [6.45, 7) is 2.00. The standard InChI is InChI=1S/C13H15ClN2O2/c1-3-10(17-2)12-15-13(18-16-12)11(14)9-7-5-4-6-8-9/h4-8,10-11H,3H2,1-2H3. The molecule has 0 saturated heterocycles. The zero-order valence-electron chi connectivity index (χ0n) is 10.3. The molecule has 1 aromatic heterocycles. The lowest BCUT2D eigenvalue weighted by atomic mass is 10.1. The summed E-state index contributed by atoms with van der Waals surface area (Å²) in [6, 6.07) is 9.63. The van der Waals surface area contributed by atoms with Gasteiger partial charge >= 0.3 is 0 Å². The van der Waals surface area contributed by atoms with Gasteiger partial charge in [0.1, 0.15) is 11.5 Å². The molecule has 0 bridgehead atoms. The van der Waals surface area contributed by atoms with Crippen LogP contribution in [0.3, 0.4) is 0 Å². The van der Waals surface area contributed by atoms with Gasteiger partial charge in [0.15, 0.2) is 0 Å². The van der Waals surface area contributed by atoms with Crippen molar-refractivity contribution in [3.8, 4) is 0 Å². The minimum absolute atomic E-state index is 0.151. The van der Waals surface area contributed by atoms with Gasteiger partial charge in [-0.2, -0.15) is 4.98 Å². The molecule has 0 aliphatic rings. The summed E-state index contributed by atoms with van der Waals surface area (Å²) in [6.07, 6.45) is 0.635. The third-order valence-corrected chi connectivity index (χ3v) is 3.15. The highest BCUT2D eigenvalue weighted by atomic mass is 35.5. The molecule has 2 aromatic rings. The molecule has 0 fully saturated rings. The number of halogens is 1. The van der Waals surface area contributed by atoms with E-state index in [-0.39, 0.29) is 6.10 Å². The van der Waals surface area contributed by atoms with Crippen molar-refractivity contribution in [2.75, 3.05) is 7.11 Å². The van der Waals surface area contributed by atoms with Crippen LogP contribution in [0.15, 0.2) is 34.9 Å². The van der Waals surface area contributed by atoms with Gasteiger partial charge in [-0.05, 0) is 12.0 Å². The van der Waals surface area contributed by atoms with Crippen LogP contribution < -0.4 is 0 Å². The van der Waals surface area contributed by atoms with Crippen molar-refractivity contribution in [3.63, 3.8) is 0 Å². The van der Waals surface area contributed by atoms with E-state index >= 15 is 0 Å². The van der Waals surface area contributed by atoms with Gasteiger partial charge < -0.3 is 9.26 Å². The fourth-order valence-corrected chi connectivity index (χ4v) is 1.93. The van der Waals surface area contributed by atoms with E-state index < -0.39 is 5.38 Å². The molecule has 0 spiro atoms. The summed E-state index contributed by atoms with van der Waals surface area (Å²) in [5, 5.41) is 3.48. The van der Waals surface area contributed by atoms with Crippen LogP contribution in [0.4, 0.5) is 0 Å². The smallest absolute Gasteiger partial charge is 0.249 e. The summed E-state index contributed by atoms with van der Waals surface area (Å²) in [5.41, 5.74) is 0.930. The summed E-state index contributed by atoms with van der Waals surface area (Å²) in [4.78, 5) is 4.29. The summed E-state index contributed by atoms with van der Waals surface area (Å²) >= 11 is 6.30. The maximum atomic E-state index is 6.30. The van der Waals surface area contributed by atoms with Crippen LogP contribution in [-0.4, -0.2) is 17.3 Å². The molecule has 96 valence electrons. The zero-order valence-corrected chi connectivity index (χ0v) is 11.1. The molecule has 0 aliphatic heterocycles. The van der Waals surface area contributed by atoms with E-state index in [0.29, 0.717) is 11.7 Å². The summed E-state index contributed by atoms with van der Waals surface area (Å²) in [5.74, 6) is 0.935. The lowest BCUT2D eigenvalue weighted by molar-refractivity contribution is 0.0903. The Morgan fingerprint density at radius 2 is 2.06 bits per heavy atom. The van der Waals surface area contributed by atoms with Crippen LogP contribution in [0, 0.1) is 0 Å². The van der Waals surface area contributed by atoms with Gasteiger partial charge in [0.05, 0.1) is 0 Å². The van der Waals surface area contributed by atoms with E-state index in [4.69, 9.17) is 20.9 Å². The zero-order chi connectivity index (χ0) is 13.0. The third-order valence-electron chi connectivity index (χ3n) is 2.71. The summed E-state index contributed by atoms with van der Waals surface area (Å²) < 4.78 is 10.4. The SMILES string of the molecule is CCC(OC)c1noc(C(Cl)c2ccccc2)n1. The Hall–Kier alpha value is -1.39. The first-order valence-corrected chi connectivity index (χ1v) is 6.25. The molecule has 4 nitrogen and oxygen atoms in total. The van der Waals surface area contributed by atoms with Gasteiger partial charge in [-0.15, -0.1) is 11.6 Å². The molecule has 2 rings (SSSR count). The fraction of sp³-hybridized carbons (Fsp3) is 0.385. The Morgan fingerprint density at radius 3 is 2.67 bits per heavy atom. The van der Waals surface area contributed by atoms with Crippen LogP contribution in [0.5, 0.6) is 0 Å². The molecule has 1 heterocycles. The van der Waals surface area contributed by atoms with Crippen molar-refractivity contribution in [2.24, 2.45) is 0 Å². The van der Waals surface area contributed by atoms with Crippen molar-refractivity contribution in [1.29, 1.82) is 0 Å². The predicted molar refractivity (Wildman–Crippen MR) is 68.5 cm³/mol. The van der Waals surface area contributed by atoms with E-state index in [0.717, 1.165) is 12.0 Å². The van der Waals surface area contributed by atoms with Crippen molar-refractivity contribution >= 4 is 11.6 Å². The van der Waals surface area contributed by atoms with Gasteiger partial charge in [-0.25, -0.2) is 0 Å². The molecule has 0 amide bonds. The minimum atomic E-state index is -0.429. The van der Waals surface area contributed by atoms with Crippen LogP contribution in [0.1, 0.15) is 42.1 Å². The number of benzene rings is 1. The van der Waals surface area contributed by atoms with Crippen molar-refractivity contribution < 1.29 is 9.26 Å². The number of hydrogen-bond donors (Lipinski definition) is 0. The maximum absolute atomic E-state index is 6.30. The quantitative estimate of drug-likeness (QED) is 0.777. The number of methoxy groups -OCH3 is 1. The minimum Gasteiger partial charge on any atom is -0.373 e. The highest BCUT2D eigenvalue weighted by molar-refractivity contribution is 6.22. The first kappa shape index (κ1) is 13.1. The number of rotatable bonds is 5. The number of nitrogens with zero attached hydrogens (tertiary/aromatic N) is 2. The van der Waals surface area contributed by atoms with Gasteiger partial charge in [0.25, 0.3) is 0 Å². The topological polar surface area (TPSA) is 48.2 Å². The Bertz CT molecular complexity index is 483. The number of alkyl halides is 1. The van der Waals surface area contributed by atoms with E-state index in [1.807, 2.05) is 37.3 Å². The van der Waals surface area contributed by atoms with Crippen molar-refractivity contribution in [1.82, 2.24) is 10.1 Å². The highest BCUT2D eigenvalue weighted by Gasteiger charge is 2.21. The Labute approximate surface area is 111 Å². The monoisotopic (exact) mass is 266 g/mol.